The fourth-order valence-corrected chi connectivity index (χ4v) is 2.40. The number of nitrogens with one attached hydrogen (secondary N) is 1. The fourth-order valence-electron chi connectivity index (χ4n) is 2.40. The lowest BCUT2D eigenvalue weighted by Crippen LogP contribution is -2.24. The van der Waals surface area contributed by atoms with E-state index in [1.807, 2.05) is 38.4 Å². The van der Waals surface area contributed by atoms with Crippen molar-refractivity contribution in [3.05, 3.63) is 48.0 Å². The smallest absolute Gasteiger partial charge is 0.123 e. The third-order valence-corrected chi connectivity index (χ3v) is 3.51. The molecule has 1 aromatic heterocycles. The molecule has 0 fully saturated rings. The highest BCUT2D eigenvalue weighted by Crippen LogP contribution is 2.17. The summed E-state index contributed by atoms with van der Waals surface area (Å²) in [6.07, 6.45) is 3.89. The second-order valence-electron chi connectivity index (χ2n) is 5.40. The minimum Gasteiger partial charge on any atom is -0.494 e. The quantitative estimate of drug-likeness (QED) is 0.811. The zero-order valence-corrected chi connectivity index (χ0v) is 13.2. The van der Waals surface area contributed by atoms with Crippen LogP contribution in [0.15, 0.2) is 36.7 Å². The molecule has 0 saturated heterocycles. The summed E-state index contributed by atoms with van der Waals surface area (Å²) in [5, 5.41) is 3.52. The molecule has 0 aliphatic carbocycles. The monoisotopic (exact) mass is 287 g/mol. The first-order chi connectivity index (χ1) is 10.2. The van der Waals surface area contributed by atoms with Crippen LogP contribution < -0.4 is 10.1 Å². The van der Waals surface area contributed by atoms with Crippen molar-refractivity contribution < 1.29 is 4.74 Å². The molecule has 0 radical (unpaired) electrons. The van der Waals surface area contributed by atoms with Crippen molar-refractivity contribution in [3.8, 4) is 5.75 Å². The molecule has 1 atom stereocenters. The molecule has 21 heavy (non-hydrogen) atoms. The minimum absolute atomic E-state index is 0.553. The molecule has 2 aromatic rings. The highest BCUT2D eigenvalue weighted by atomic mass is 16.5. The van der Waals surface area contributed by atoms with Crippen molar-refractivity contribution in [1.82, 2.24) is 14.9 Å². The first-order valence-corrected chi connectivity index (χ1v) is 7.59. The number of aryl methyl sites for hydroxylation is 1. The van der Waals surface area contributed by atoms with Gasteiger partial charge in [0, 0.05) is 31.0 Å². The Hall–Kier alpha value is -1.81. The van der Waals surface area contributed by atoms with Crippen LogP contribution in [0.5, 0.6) is 5.75 Å². The van der Waals surface area contributed by atoms with Gasteiger partial charge in [-0.15, -0.1) is 0 Å². The number of hydrogen-bond donors (Lipinski definition) is 1. The van der Waals surface area contributed by atoms with E-state index in [4.69, 9.17) is 4.74 Å². The molecule has 1 unspecified atom stereocenters. The number of ether oxygens (including phenoxy) is 1. The molecule has 0 aliphatic heterocycles. The summed E-state index contributed by atoms with van der Waals surface area (Å²) in [4.78, 5) is 4.26. The number of hydrogen-bond acceptors (Lipinski definition) is 3. The Morgan fingerprint density at radius 2 is 2.14 bits per heavy atom. The number of benzene rings is 1. The summed E-state index contributed by atoms with van der Waals surface area (Å²) in [6, 6.07) is 8.21. The fraction of sp³-hybridized carbons (Fsp3) is 0.471. The van der Waals surface area contributed by atoms with Crippen LogP contribution in [0.3, 0.4) is 0 Å². The lowest BCUT2D eigenvalue weighted by molar-refractivity contribution is 0.334. The number of imidazole rings is 1. The summed E-state index contributed by atoms with van der Waals surface area (Å²) in [6.45, 7) is 9.81. The topological polar surface area (TPSA) is 39.1 Å². The van der Waals surface area contributed by atoms with E-state index < -0.39 is 0 Å². The molecule has 0 aliphatic rings. The van der Waals surface area contributed by atoms with E-state index in [0.717, 1.165) is 31.2 Å². The Balaban J connectivity index is 1.80. The molecule has 1 heterocycles. The zero-order chi connectivity index (χ0) is 15.1. The normalized spacial score (nSPS) is 12.3. The molecule has 1 aromatic carbocycles. The molecule has 4 heteroatoms. The van der Waals surface area contributed by atoms with Gasteiger partial charge in [0.05, 0.1) is 6.61 Å². The van der Waals surface area contributed by atoms with Gasteiger partial charge in [-0.1, -0.05) is 25.1 Å². The molecule has 0 amide bonds. The molecular weight excluding hydrogens is 262 g/mol. The average Bonchev–Trinajstić information content (AvgIpc) is 2.86. The van der Waals surface area contributed by atoms with E-state index in [9.17, 15) is 0 Å². The van der Waals surface area contributed by atoms with Crippen LogP contribution in [0.25, 0.3) is 0 Å². The van der Waals surface area contributed by atoms with Crippen LogP contribution in [0.2, 0.25) is 0 Å². The van der Waals surface area contributed by atoms with Crippen molar-refractivity contribution in [2.24, 2.45) is 5.92 Å². The van der Waals surface area contributed by atoms with Crippen LogP contribution in [-0.4, -0.2) is 22.7 Å². The average molecular weight is 287 g/mol. The largest absolute Gasteiger partial charge is 0.494 e. The predicted molar refractivity (Wildman–Crippen MR) is 85.4 cm³/mol. The number of para-hydroxylation sites is 1. The maximum Gasteiger partial charge on any atom is 0.123 e. The van der Waals surface area contributed by atoms with Crippen molar-refractivity contribution >= 4 is 0 Å². The highest BCUT2D eigenvalue weighted by Gasteiger charge is 2.06. The van der Waals surface area contributed by atoms with Gasteiger partial charge in [-0.3, -0.25) is 0 Å². The third-order valence-electron chi connectivity index (χ3n) is 3.51. The molecule has 2 rings (SSSR count). The first-order valence-electron chi connectivity index (χ1n) is 7.59. The van der Waals surface area contributed by atoms with Crippen LogP contribution in [0.4, 0.5) is 0 Å². The summed E-state index contributed by atoms with van der Waals surface area (Å²) in [5.41, 5.74) is 1.21. The van der Waals surface area contributed by atoms with Gasteiger partial charge in [-0.2, -0.15) is 0 Å². The van der Waals surface area contributed by atoms with Crippen LogP contribution in [-0.2, 0) is 13.1 Å². The maximum atomic E-state index is 5.64. The molecule has 0 bridgehead atoms. The summed E-state index contributed by atoms with van der Waals surface area (Å²) >= 11 is 0. The molecular formula is C17H25N3O. The maximum absolute atomic E-state index is 5.64. The number of rotatable bonds is 8. The van der Waals surface area contributed by atoms with Crippen molar-refractivity contribution in [1.29, 1.82) is 0 Å². The summed E-state index contributed by atoms with van der Waals surface area (Å²) in [7, 11) is 0. The Kier molecular flexibility index (Phi) is 5.81. The number of aromatic nitrogens is 2. The van der Waals surface area contributed by atoms with Gasteiger partial charge < -0.3 is 14.6 Å². The van der Waals surface area contributed by atoms with Gasteiger partial charge in [0.1, 0.15) is 11.6 Å². The van der Waals surface area contributed by atoms with Crippen LogP contribution in [0, 0.1) is 12.8 Å². The Morgan fingerprint density at radius 3 is 2.86 bits per heavy atom. The summed E-state index contributed by atoms with van der Waals surface area (Å²) in [5.74, 6) is 2.60. The van der Waals surface area contributed by atoms with Crippen LogP contribution >= 0.6 is 0 Å². The minimum atomic E-state index is 0.553. The van der Waals surface area contributed by atoms with Gasteiger partial charge in [0.2, 0.25) is 0 Å². The number of nitrogens with zero attached hydrogens (tertiary/aromatic N) is 2. The second-order valence-corrected chi connectivity index (χ2v) is 5.40. The predicted octanol–water partition coefficient (Wildman–Crippen LogP) is 3.02. The van der Waals surface area contributed by atoms with E-state index in [2.05, 4.69) is 33.9 Å². The van der Waals surface area contributed by atoms with Crippen LogP contribution in [0.1, 0.15) is 25.2 Å². The molecule has 114 valence electrons. The molecule has 0 spiro atoms. The van der Waals surface area contributed by atoms with Gasteiger partial charge in [-0.05, 0) is 32.4 Å². The molecule has 4 nitrogen and oxygen atoms in total. The van der Waals surface area contributed by atoms with Gasteiger partial charge >= 0.3 is 0 Å². The SMILES string of the molecule is CCOc1ccccc1CNCC(C)Cn1ccnc1C. The van der Waals surface area contributed by atoms with Gasteiger partial charge in [0.25, 0.3) is 0 Å². The second kappa shape index (κ2) is 7.84. The van der Waals surface area contributed by atoms with E-state index >= 15 is 0 Å². The van der Waals surface area contributed by atoms with E-state index in [-0.39, 0.29) is 0 Å². The summed E-state index contributed by atoms with van der Waals surface area (Å²) < 4.78 is 7.84. The Labute approximate surface area is 127 Å². The van der Waals surface area contributed by atoms with E-state index in [1.54, 1.807) is 0 Å². The van der Waals surface area contributed by atoms with Crippen molar-refractivity contribution in [2.75, 3.05) is 13.2 Å². The van der Waals surface area contributed by atoms with E-state index in [0.29, 0.717) is 12.5 Å². The molecule has 0 saturated carbocycles. The highest BCUT2D eigenvalue weighted by molar-refractivity contribution is 5.33. The Morgan fingerprint density at radius 1 is 1.33 bits per heavy atom. The molecule has 1 N–H and O–H groups in total. The van der Waals surface area contributed by atoms with Gasteiger partial charge in [-0.25, -0.2) is 4.98 Å². The van der Waals surface area contributed by atoms with Crippen molar-refractivity contribution in [3.63, 3.8) is 0 Å². The van der Waals surface area contributed by atoms with Crippen molar-refractivity contribution in [2.45, 2.75) is 33.9 Å². The Bertz CT molecular complexity index is 550. The third kappa shape index (κ3) is 4.60. The lowest BCUT2D eigenvalue weighted by atomic mass is 10.1. The zero-order valence-electron chi connectivity index (χ0n) is 13.2. The standard InChI is InChI=1S/C17H25N3O/c1-4-21-17-8-6-5-7-16(17)12-18-11-14(2)13-20-10-9-19-15(20)3/h5-10,14,18H,4,11-13H2,1-3H3. The first kappa shape index (κ1) is 15.6. The lowest BCUT2D eigenvalue weighted by Gasteiger charge is -2.15. The van der Waals surface area contributed by atoms with Gasteiger partial charge in [0.15, 0.2) is 0 Å². The van der Waals surface area contributed by atoms with E-state index in [1.165, 1.54) is 5.56 Å².